The van der Waals surface area contributed by atoms with E-state index in [4.69, 9.17) is 5.26 Å². The van der Waals surface area contributed by atoms with Gasteiger partial charge in [-0.1, -0.05) is 12.1 Å². The highest BCUT2D eigenvalue weighted by atomic mass is 16.2. The fraction of sp³-hybridized carbons (Fsp3) is 0.312. The van der Waals surface area contributed by atoms with Gasteiger partial charge in [-0.3, -0.25) is 4.79 Å². The van der Waals surface area contributed by atoms with Crippen molar-refractivity contribution in [3.05, 3.63) is 53.1 Å². The maximum absolute atomic E-state index is 12.0. The summed E-state index contributed by atoms with van der Waals surface area (Å²) in [6.07, 6.45) is 3.60. The number of nitrogens with zero attached hydrogens (tertiary/aromatic N) is 3. The molecule has 3 heterocycles. The molecule has 4 rings (SSSR count). The minimum absolute atomic E-state index is 0.0640. The van der Waals surface area contributed by atoms with Crippen LogP contribution in [0.4, 0.5) is 0 Å². The van der Waals surface area contributed by atoms with Crippen LogP contribution in [0.3, 0.4) is 0 Å². The molecule has 5 heteroatoms. The van der Waals surface area contributed by atoms with Gasteiger partial charge in [0.25, 0.3) is 0 Å². The van der Waals surface area contributed by atoms with Gasteiger partial charge in [0.1, 0.15) is 0 Å². The van der Waals surface area contributed by atoms with Crippen LogP contribution in [0.25, 0.3) is 0 Å². The second-order valence-electron chi connectivity index (χ2n) is 5.58. The van der Waals surface area contributed by atoms with Crippen molar-refractivity contribution in [3.8, 4) is 6.07 Å². The van der Waals surface area contributed by atoms with E-state index >= 15 is 0 Å². The molecule has 2 unspecified atom stereocenters. The summed E-state index contributed by atoms with van der Waals surface area (Å²) in [5.74, 6) is 0.0495. The van der Waals surface area contributed by atoms with Crippen LogP contribution in [0.15, 0.2) is 30.6 Å². The molecule has 1 N–H and O–H groups in total. The minimum atomic E-state index is -0.0640. The number of hydrogen-bond acceptors (Lipinski definition) is 3. The Labute approximate surface area is 122 Å². The van der Waals surface area contributed by atoms with Crippen molar-refractivity contribution in [1.29, 1.82) is 5.26 Å². The van der Waals surface area contributed by atoms with Crippen LogP contribution in [-0.4, -0.2) is 15.5 Å². The van der Waals surface area contributed by atoms with Crippen LogP contribution in [0.1, 0.15) is 47.3 Å². The molecule has 0 bridgehead atoms. The van der Waals surface area contributed by atoms with Crippen LogP contribution in [0.5, 0.6) is 0 Å². The number of imidazole rings is 1. The van der Waals surface area contributed by atoms with Crippen molar-refractivity contribution >= 4 is 5.91 Å². The van der Waals surface area contributed by atoms with E-state index in [-0.39, 0.29) is 17.9 Å². The molecule has 1 aromatic heterocycles. The van der Waals surface area contributed by atoms with E-state index in [1.54, 1.807) is 0 Å². The zero-order valence-electron chi connectivity index (χ0n) is 11.4. The fourth-order valence-electron chi connectivity index (χ4n) is 3.43. The molecule has 2 aromatic rings. The molecule has 5 nitrogen and oxygen atoms in total. The van der Waals surface area contributed by atoms with E-state index in [0.29, 0.717) is 12.1 Å². The molecule has 0 radical (unpaired) electrons. The Balaban J connectivity index is 1.78. The molecule has 0 spiro atoms. The van der Waals surface area contributed by atoms with Crippen molar-refractivity contribution in [2.45, 2.75) is 31.3 Å². The summed E-state index contributed by atoms with van der Waals surface area (Å²) in [7, 11) is 0. The molecule has 0 aliphatic carbocycles. The summed E-state index contributed by atoms with van der Waals surface area (Å²) in [5, 5.41) is 11.8. The van der Waals surface area contributed by atoms with Gasteiger partial charge >= 0.3 is 0 Å². The normalized spacial score (nSPS) is 23.1. The Bertz CT molecular complexity index is 754. The number of carbonyl (C=O) groups is 1. The van der Waals surface area contributed by atoms with Gasteiger partial charge in [-0.15, -0.1) is 0 Å². The Morgan fingerprint density at radius 3 is 2.86 bits per heavy atom. The van der Waals surface area contributed by atoms with Crippen molar-refractivity contribution in [2.24, 2.45) is 0 Å². The molecule has 1 aromatic carbocycles. The van der Waals surface area contributed by atoms with Gasteiger partial charge in [0.15, 0.2) is 0 Å². The summed E-state index contributed by atoms with van der Waals surface area (Å²) >= 11 is 0. The van der Waals surface area contributed by atoms with E-state index in [9.17, 15) is 4.79 Å². The molecule has 2 aliphatic heterocycles. The zero-order chi connectivity index (χ0) is 14.4. The Morgan fingerprint density at radius 1 is 1.29 bits per heavy atom. The van der Waals surface area contributed by atoms with Crippen LogP contribution in [0, 0.1) is 11.3 Å². The molecule has 0 fully saturated rings. The lowest BCUT2D eigenvalue weighted by Crippen LogP contribution is -2.38. The fourth-order valence-corrected chi connectivity index (χ4v) is 3.43. The van der Waals surface area contributed by atoms with Crippen LogP contribution in [0.2, 0.25) is 0 Å². The summed E-state index contributed by atoms with van der Waals surface area (Å²) in [4.78, 5) is 16.5. The van der Waals surface area contributed by atoms with E-state index in [1.165, 1.54) is 5.56 Å². The third-order valence-electron chi connectivity index (χ3n) is 4.48. The lowest BCUT2D eigenvalue weighted by molar-refractivity contribution is -0.123. The number of rotatable bonds is 1. The summed E-state index contributed by atoms with van der Waals surface area (Å²) < 4.78 is 2.14. The van der Waals surface area contributed by atoms with Crippen molar-refractivity contribution in [1.82, 2.24) is 14.9 Å². The Morgan fingerprint density at radius 2 is 2.10 bits per heavy atom. The molecule has 104 valence electrons. The monoisotopic (exact) mass is 278 g/mol. The minimum Gasteiger partial charge on any atom is -0.350 e. The highest BCUT2D eigenvalue weighted by molar-refractivity contribution is 5.85. The first-order valence-electron chi connectivity index (χ1n) is 7.11. The number of benzene rings is 1. The highest BCUT2D eigenvalue weighted by Gasteiger charge is 2.37. The highest BCUT2D eigenvalue weighted by Crippen LogP contribution is 2.40. The summed E-state index contributed by atoms with van der Waals surface area (Å²) in [6, 6.07) is 10.0. The molecule has 0 saturated heterocycles. The van der Waals surface area contributed by atoms with Crippen LogP contribution >= 0.6 is 0 Å². The molecule has 21 heavy (non-hydrogen) atoms. The molecule has 2 aliphatic rings. The number of nitriles is 1. The quantitative estimate of drug-likeness (QED) is 0.865. The van der Waals surface area contributed by atoms with Gasteiger partial charge in [0.2, 0.25) is 5.91 Å². The molecule has 2 atom stereocenters. The number of nitrogens with one attached hydrogen (secondary N) is 1. The first-order valence-corrected chi connectivity index (χ1v) is 7.11. The van der Waals surface area contributed by atoms with Gasteiger partial charge in [-0.2, -0.15) is 5.26 Å². The van der Waals surface area contributed by atoms with Gasteiger partial charge in [0, 0.05) is 0 Å². The number of amides is 1. The van der Waals surface area contributed by atoms with Crippen molar-refractivity contribution in [2.75, 3.05) is 0 Å². The molecule has 1 amide bonds. The maximum atomic E-state index is 12.0. The van der Waals surface area contributed by atoms with Gasteiger partial charge < -0.3 is 9.88 Å². The van der Waals surface area contributed by atoms with Gasteiger partial charge in [-0.05, 0) is 30.5 Å². The van der Waals surface area contributed by atoms with Crippen LogP contribution < -0.4 is 5.32 Å². The SMILES string of the molecule is N#Cc1ccc(C2CCC3C(=O)NCc4ncn2c43)cc1. The zero-order valence-corrected chi connectivity index (χ0v) is 11.4. The average Bonchev–Trinajstić information content (AvgIpc) is 2.96. The van der Waals surface area contributed by atoms with Gasteiger partial charge in [-0.25, -0.2) is 4.98 Å². The number of carbonyl (C=O) groups excluding carboxylic acids is 1. The largest absolute Gasteiger partial charge is 0.350 e. The van der Waals surface area contributed by atoms with Gasteiger partial charge in [0.05, 0.1) is 47.9 Å². The van der Waals surface area contributed by atoms with E-state index in [1.807, 2.05) is 30.6 Å². The third kappa shape index (κ3) is 1.76. The Hall–Kier alpha value is -2.61. The number of aromatic nitrogens is 2. The summed E-state index contributed by atoms with van der Waals surface area (Å²) in [5.41, 5.74) is 3.88. The van der Waals surface area contributed by atoms with Crippen molar-refractivity contribution in [3.63, 3.8) is 0 Å². The van der Waals surface area contributed by atoms with E-state index in [2.05, 4.69) is 20.9 Å². The topological polar surface area (TPSA) is 70.7 Å². The van der Waals surface area contributed by atoms with Crippen LogP contribution in [-0.2, 0) is 11.3 Å². The number of hydrogen-bond donors (Lipinski definition) is 1. The van der Waals surface area contributed by atoms with Crippen molar-refractivity contribution < 1.29 is 4.79 Å². The Kier molecular flexibility index (Phi) is 2.58. The van der Waals surface area contributed by atoms with E-state index < -0.39 is 0 Å². The molecular formula is C16H14N4O. The standard InChI is InChI=1S/C16H14N4O/c17-7-10-1-3-11(4-2-10)14-6-5-12-15-13(8-18-16(12)21)19-9-20(14)15/h1-4,9,12,14H,5-6,8H2,(H,18,21). The maximum Gasteiger partial charge on any atom is 0.229 e. The summed E-state index contributed by atoms with van der Waals surface area (Å²) in [6.45, 7) is 0.526. The second-order valence-corrected chi connectivity index (χ2v) is 5.58. The predicted octanol–water partition coefficient (Wildman–Crippen LogP) is 1.85. The lowest BCUT2D eigenvalue weighted by Gasteiger charge is -2.33. The molecule has 0 saturated carbocycles. The molecular weight excluding hydrogens is 264 g/mol. The van der Waals surface area contributed by atoms with E-state index in [0.717, 1.165) is 24.2 Å². The average molecular weight is 278 g/mol. The second kappa shape index (κ2) is 4.45. The first-order chi connectivity index (χ1) is 10.3. The lowest BCUT2D eigenvalue weighted by atomic mass is 9.85. The first kappa shape index (κ1) is 12.2. The predicted molar refractivity (Wildman–Crippen MR) is 75.3 cm³/mol. The third-order valence-corrected chi connectivity index (χ3v) is 4.48. The smallest absolute Gasteiger partial charge is 0.229 e.